The molecular weight excluding hydrogens is 349 g/mol. The molecule has 7 heteroatoms. The lowest BCUT2D eigenvalue weighted by molar-refractivity contribution is 0.0695. The number of rotatable bonds is 5. The molecule has 3 rings (SSSR count). The van der Waals surface area contributed by atoms with Crippen LogP contribution in [0.25, 0.3) is 11.4 Å². The number of nitriles is 1. The molecule has 134 valence electrons. The highest BCUT2D eigenvalue weighted by atomic mass is 19.1. The van der Waals surface area contributed by atoms with Crippen molar-refractivity contribution in [2.75, 3.05) is 0 Å². The van der Waals surface area contributed by atoms with Crippen molar-refractivity contribution >= 4 is 5.97 Å². The van der Waals surface area contributed by atoms with Crippen LogP contribution in [0.2, 0.25) is 0 Å². The van der Waals surface area contributed by atoms with Gasteiger partial charge in [-0.3, -0.25) is 0 Å². The Balaban J connectivity index is 1.82. The number of halogens is 1. The van der Waals surface area contributed by atoms with Gasteiger partial charge in [0.25, 0.3) is 0 Å². The topological polar surface area (TPSA) is 96.1 Å². The number of ether oxygens (including phenoxy) is 1. The fourth-order valence-corrected chi connectivity index (χ4v) is 2.48. The number of aryl methyl sites for hydroxylation is 1. The summed E-state index contributed by atoms with van der Waals surface area (Å²) in [5, 5.41) is 17.9. The Morgan fingerprint density at radius 2 is 2.07 bits per heavy atom. The van der Waals surface area contributed by atoms with Crippen LogP contribution in [0.4, 0.5) is 4.39 Å². The molecule has 0 aliphatic carbocycles. The molecule has 0 bridgehead atoms. The SMILES string of the molecule is Cc1nc(-c2cccc(OCc3cccc(C#N)c3F)c2)ncc1C(=O)O. The standard InChI is InChI=1S/C20H14FN3O3/c1-12-17(20(25)26)10-23-19(24-12)13-4-3-7-16(8-13)27-11-15-6-2-5-14(9-22)18(15)21/h2-8,10H,11H2,1H3,(H,25,26). The number of aromatic nitrogens is 2. The predicted molar refractivity (Wildman–Crippen MR) is 94.6 cm³/mol. The lowest BCUT2D eigenvalue weighted by Crippen LogP contribution is -2.04. The summed E-state index contributed by atoms with van der Waals surface area (Å²) in [4.78, 5) is 19.4. The summed E-state index contributed by atoms with van der Waals surface area (Å²) in [7, 11) is 0. The number of carbonyl (C=O) groups is 1. The number of hydrogen-bond acceptors (Lipinski definition) is 5. The van der Waals surface area contributed by atoms with Crippen LogP contribution in [0.5, 0.6) is 5.75 Å². The van der Waals surface area contributed by atoms with E-state index in [4.69, 9.17) is 15.1 Å². The molecule has 0 aliphatic heterocycles. The summed E-state index contributed by atoms with van der Waals surface area (Å²) in [5.41, 5.74) is 1.27. The summed E-state index contributed by atoms with van der Waals surface area (Å²) in [6.45, 7) is 1.56. The molecule has 0 fully saturated rings. The van der Waals surface area contributed by atoms with E-state index in [1.807, 2.05) is 0 Å². The molecule has 1 aromatic heterocycles. The third kappa shape index (κ3) is 3.90. The van der Waals surface area contributed by atoms with Crippen molar-refractivity contribution in [3.05, 3.63) is 76.9 Å². The maximum absolute atomic E-state index is 14.1. The highest BCUT2D eigenvalue weighted by Crippen LogP contribution is 2.23. The van der Waals surface area contributed by atoms with E-state index in [1.54, 1.807) is 49.4 Å². The Labute approximate surface area is 154 Å². The second-order valence-corrected chi connectivity index (χ2v) is 5.70. The summed E-state index contributed by atoms with van der Waals surface area (Å²) < 4.78 is 19.7. The van der Waals surface area contributed by atoms with Crippen LogP contribution >= 0.6 is 0 Å². The fourth-order valence-electron chi connectivity index (χ4n) is 2.48. The largest absolute Gasteiger partial charge is 0.489 e. The van der Waals surface area contributed by atoms with Crippen molar-refractivity contribution in [2.45, 2.75) is 13.5 Å². The van der Waals surface area contributed by atoms with Crippen molar-refractivity contribution in [3.8, 4) is 23.2 Å². The molecule has 2 aromatic carbocycles. The van der Waals surface area contributed by atoms with Crippen LogP contribution in [0, 0.1) is 24.1 Å². The Morgan fingerprint density at radius 3 is 2.78 bits per heavy atom. The Hall–Kier alpha value is -3.79. The molecule has 0 radical (unpaired) electrons. The van der Waals surface area contributed by atoms with E-state index in [0.29, 0.717) is 22.8 Å². The summed E-state index contributed by atoms with van der Waals surface area (Å²) in [6.07, 6.45) is 1.26. The van der Waals surface area contributed by atoms with Crippen LogP contribution in [0.1, 0.15) is 27.2 Å². The van der Waals surface area contributed by atoms with Crippen LogP contribution in [-0.2, 0) is 6.61 Å². The average Bonchev–Trinajstić information content (AvgIpc) is 2.67. The van der Waals surface area contributed by atoms with Gasteiger partial charge in [0.1, 0.15) is 24.2 Å². The monoisotopic (exact) mass is 363 g/mol. The van der Waals surface area contributed by atoms with Gasteiger partial charge in [0, 0.05) is 17.3 Å². The minimum atomic E-state index is -1.09. The van der Waals surface area contributed by atoms with E-state index < -0.39 is 11.8 Å². The van der Waals surface area contributed by atoms with E-state index in [1.165, 1.54) is 12.3 Å². The van der Waals surface area contributed by atoms with Gasteiger partial charge >= 0.3 is 5.97 Å². The zero-order chi connectivity index (χ0) is 19.4. The van der Waals surface area contributed by atoms with Gasteiger partial charge in [-0.25, -0.2) is 19.2 Å². The van der Waals surface area contributed by atoms with Gasteiger partial charge in [-0.1, -0.05) is 24.3 Å². The lowest BCUT2D eigenvalue weighted by Gasteiger charge is -2.09. The van der Waals surface area contributed by atoms with Gasteiger partial charge < -0.3 is 9.84 Å². The third-order valence-electron chi connectivity index (χ3n) is 3.90. The minimum absolute atomic E-state index is 0.0350. The average molecular weight is 363 g/mol. The van der Waals surface area contributed by atoms with Crippen LogP contribution < -0.4 is 4.74 Å². The third-order valence-corrected chi connectivity index (χ3v) is 3.90. The normalized spacial score (nSPS) is 10.3. The van der Waals surface area contributed by atoms with Crippen LogP contribution in [0.15, 0.2) is 48.7 Å². The van der Waals surface area contributed by atoms with Gasteiger partial charge in [-0.05, 0) is 25.1 Å². The van der Waals surface area contributed by atoms with Gasteiger partial charge in [0.2, 0.25) is 0 Å². The Kier molecular flexibility index (Phi) is 5.08. The van der Waals surface area contributed by atoms with Gasteiger partial charge in [-0.15, -0.1) is 0 Å². The molecule has 1 heterocycles. The predicted octanol–water partition coefficient (Wildman–Crippen LogP) is 3.74. The minimum Gasteiger partial charge on any atom is -0.489 e. The molecular formula is C20H14FN3O3. The van der Waals surface area contributed by atoms with E-state index in [9.17, 15) is 9.18 Å². The van der Waals surface area contributed by atoms with Crippen LogP contribution in [0.3, 0.4) is 0 Å². The second-order valence-electron chi connectivity index (χ2n) is 5.70. The number of nitrogens with zero attached hydrogens (tertiary/aromatic N) is 3. The number of aromatic carboxylic acids is 1. The molecule has 6 nitrogen and oxygen atoms in total. The summed E-state index contributed by atoms with van der Waals surface area (Å²) in [5.74, 6) is -0.851. The molecule has 0 amide bonds. The first kappa shape index (κ1) is 18.0. The smallest absolute Gasteiger partial charge is 0.339 e. The second kappa shape index (κ2) is 7.62. The quantitative estimate of drug-likeness (QED) is 0.742. The lowest BCUT2D eigenvalue weighted by atomic mass is 10.1. The number of hydrogen-bond donors (Lipinski definition) is 1. The zero-order valence-corrected chi connectivity index (χ0v) is 14.3. The molecule has 27 heavy (non-hydrogen) atoms. The van der Waals surface area contributed by atoms with Gasteiger partial charge in [0.15, 0.2) is 5.82 Å². The number of carboxylic acids is 1. The van der Waals surface area contributed by atoms with Crippen molar-refractivity contribution in [1.82, 2.24) is 9.97 Å². The van der Waals surface area contributed by atoms with Crippen LogP contribution in [-0.4, -0.2) is 21.0 Å². The zero-order valence-electron chi connectivity index (χ0n) is 14.3. The van der Waals surface area contributed by atoms with Crippen molar-refractivity contribution in [3.63, 3.8) is 0 Å². The fraction of sp³-hybridized carbons (Fsp3) is 0.100. The first-order valence-corrected chi connectivity index (χ1v) is 7.97. The molecule has 1 N–H and O–H groups in total. The number of carboxylic acid groups (broad SMARTS) is 1. The first-order chi connectivity index (χ1) is 13.0. The van der Waals surface area contributed by atoms with Crippen molar-refractivity contribution < 1.29 is 19.0 Å². The van der Waals surface area contributed by atoms with E-state index in [0.717, 1.165) is 0 Å². The van der Waals surface area contributed by atoms with Crippen molar-refractivity contribution in [2.24, 2.45) is 0 Å². The first-order valence-electron chi connectivity index (χ1n) is 7.97. The molecule has 0 saturated carbocycles. The Morgan fingerprint density at radius 1 is 1.30 bits per heavy atom. The molecule has 3 aromatic rings. The number of benzene rings is 2. The molecule has 0 aliphatic rings. The summed E-state index contributed by atoms with van der Waals surface area (Å²) >= 11 is 0. The Bertz CT molecular complexity index is 1060. The molecule has 0 unspecified atom stereocenters. The van der Waals surface area contributed by atoms with Gasteiger partial charge in [0.05, 0.1) is 16.8 Å². The summed E-state index contributed by atoms with van der Waals surface area (Å²) in [6, 6.07) is 13.2. The highest BCUT2D eigenvalue weighted by molar-refractivity contribution is 5.88. The van der Waals surface area contributed by atoms with Crippen molar-refractivity contribution in [1.29, 1.82) is 5.26 Å². The maximum atomic E-state index is 14.1. The molecule has 0 atom stereocenters. The maximum Gasteiger partial charge on any atom is 0.339 e. The van der Waals surface area contributed by atoms with Gasteiger partial charge in [-0.2, -0.15) is 5.26 Å². The van der Waals surface area contributed by atoms with E-state index in [-0.39, 0.29) is 23.3 Å². The highest BCUT2D eigenvalue weighted by Gasteiger charge is 2.12. The molecule has 0 spiro atoms. The molecule has 0 saturated heterocycles. The van der Waals surface area contributed by atoms with E-state index in [2.05, 4.69) is 9.97 Å². The van der Waals surface area contributed by atoms with E-state index >= 15 is 0 Å².